The summed E-state index contributed by atoms with van der Waals surface area (Å²) in [6.45, 7) is 8.73. The Kier molecular flexibility index (Phi) is 5.36. The summed E-state index contributed by atoms with van der Waals surface area (Å²) in [5, 5.41) is 3.57. The van der Waals surface area contributed by atoms with Crippen LogP contribution in [0, 0.1) is 11.8 Å². The van der Waals surface area contributed by atoms with Crippen molar-refractivity contribution < 1.29 is 4.74 Å². The third-order valence-electron chi connectivity index (χ3n) is 5.20. The van der Waals surface area contributed by atoms with Gasteiger partial charge in [0.15, 0.2) is 5.96 Å². The number of aliphatic imine (C=N–C) groups is 1. The Morgan fingerprint density at radius 2 is 1.95 bits per heavy atom. The molecule has 0 aromatic carbocycles. The zero-order chi connectivity index (χ0) is 14.5. The van der Waals surface area contributed by atoms with E-state index in [-0.39, 0.29) is 0 Å². The first kappa shape index (κ1) is 15.1. The molecule has 2 aliphatic heterocycles. The van der Waals surface area contributed by atoms with E-state index in [1.165, 1.54) is 32.2 Å². The van der Waals surface area contributed by atoms with Gasteiger partial charge in [0.1, 0.15) is 0 Å². The molecule has 0 aromatic heterocycles. The first-order valence-electron chi connectivity index (χ1n) is 8.61. The highest BCUT2D eigenvalue weighted by Gasteiger charge is 2.24. The highest BCUT2D eigenvalue weighted by molar-refractivity contribution is 5.80. The summed E-state index contributed by atoms with van der Waals surface area (Å²) < 4.78 is 5.48. The molecule has 2 heterocycles. The fraction of sp³-hybridized carbons (Fsp3) is 0.938. The van der Waals surface area contributed by atoms with Crippen LogP contribution in [0.4, 0.5) is 0 Å². The molecule has 5 nitrogen and oxygen atoms in total. The molecule has 3 aliphatic rings. The molecular weight excluding hydrogens is 264 g/mol. The number of ether oxygens (including phenoxy) is 1. The molecule has 0 radical (unpaired) electrons. The third kappa shape index (κ3) is 4.10. The summed E-state index contributed by atoms with van der Waals surface area (Å²) >= 11 is 0. The monoisotopic (exact) mass is 294 g/mol. The standard InChI is InChI=1S/C16H30N4O/c1-17-16(18-11-14-3-2-4-14)20-8-6-19(7-9-20)12-15-5-10-21-13-15/h14-15H,2-13H2,1H3,(H,17,18). The molecule has 120 valence electrons. The van der Waals surface area contributed by atoms with Crippen LogP contribution in [-0.4, -0.2) is 75.3 Å². The summed E-state index contributed by atoms with van der Waals surface area (Å²) in [6, 6.07) is 0. The van der Waals surface area contributed by atoms with Gasteiger partial charge in [0.2, 0.25) is 0 Å². The van der Waals surface area contributed by atoms with E-state index in [0.717, 1.165) is 63.7 Å². The van der Waals surface area contributed by atoms with Crippen LogP contribution in [0.3, 0.4) is 0 Å². The number of guanidine groups is 1. The topological polar surface area (TPSA) is 40.1 Å². The second-order valence-electron chi connectivity index (χ2n) is 6.74. The van der Waals surface area contributed by atoms with E-state index in [1.807, 2.05) is 7.05 Å². The molecule has 3 fully saturated rings. The predicted molar refractivity (Wildman–Crippen MR) is 85.6 cm³/mol. The number of rotatable bonds is 4. The number of hydrogen-bond donors (Lipinski definition) is 1. The van der Waals surface area contributed by atoms with Crippen LogP contribution < -0.4 is 5.32 Å². The van der Waals surface area contributed by atoms with Crippen LogP contribution in [0.15, 0.2) is 4.99 Å². The van der Waals surface area contributed by atoms with Crippen LogP contribution >= 0.6 is 0 Å². The maximum absolute atomic E-state index is 5.48. The Morgan fingerprint density at radius 1 is 1.14 bits per heavy atom. The second kappa shape index (κ2) is 7.45. The zero-order valence-corrected chi connectivity index (χ0v) is 13.4. The second-order valence-corrected chi connectivity index (χ2v) is 6.74. The predicted octanol–water partition coefficient (Wildman–Crippen LogP) is 1.02. The Morgan fingerprint density at radius 3 is 2.52 bits per heavy atom. The number of nitrogens with zero attached hydrogens (tertiary/aromatic N) is 3. The van der Waals surface area contributed by atoms with Crippen molar-refractivity contribution in [3.05, 3.63) is 0 Å². The lowest BCUT2D eigenvalue weighted by Crippen LogP contribution is -2.53. The van der Waals surface area contributed by atoms with E-state index < -0.39 is 0 Å². The number of piperazine rings is 1. The van der Waals surface area contributed by atoms with Crippen molar-refractivity contribution in [2.75, 3.05) is 59.5 Å². The van der Waals surface area contributed by atoms with E-state index in [4.69, 9.17) is 4.74 Å². The van der Waals surface area contributed by atoms with Crippen molar-refractivity contribution in [3.63, 3.8) is 0 Å². The molecule has 3 rings (SSSR count). The quantitative estimate of drug-likeness (QED) is 0.621. The lowest BCUT2D eigenvalue weighted by Gasteiger charge is -2.38. The summed E-state index contributed by atoms with van der Waals surface area (Å²) in [5.41, 5.74) is 0. The highest BCUT2D eigenvalue weighted by Crippen LogP contribution is 2.25. The Bertz CT molecular complexity index is 342. The van der Waals surface area contributed by atoms with Crippen molar-refractivity contribution in [2.45, 2.75) is 25.7 Å². The fourth-order valence-corrected chi connectivity index (χ4v) is 3.50. The zero-order valence-electron chi connectivity index (χ0n) is 13.4. The molecule has 1 unspecified atom stereocenters. The van der Waals surface area contributed by atoms with Gasteiger partial charge in [-0.2, -0.15) is 0 Å². The van der Waals surface area contributed by atoms with Gasteiger partial charge in [0, 0.05) is 52.9 Å². The summed E-state index contributed by atoms with van der Waals surface area (Å²) in [6.07, 6.45) is 5.43. The number of nitrogens with one attached hydrogen (secondary N) is 1. The molecular formula is C16H30N4O. The molecule has 1 N–H and O–H groups in total. The SMILES string of the molecule is CN=C(NCC1CCC1)N1CCN(CC2CCOC2)CC1. The van der Waals surface area contributed by atoms with Gasteiger partial charge in [-0.05, 0) is 31.1 Å². The maximum Gasteiger partial charge on any atom is 0.193 e. The number of hydrogen-bond acceptors (Lipinski definition) is 3. The van der Waals surface area contributed by atoms with Gasteiger partial charge in [-0.1, -0.05) is 6.42 Å². The highest BCUT2D eigenvalue weighted by atomic mass is 16.5. The molecule has 0 amide bonds. The minimum Gasteiger partial charge on any atom is -0.381 e. The van der Waals surface area contributed by atoms with Crippen molar-refractivity contribution in [1.82, 2.24) is 15.1 Å². The minimum absolute atomic E-state index is 0.757. The summed E-state index contributed by atoms with van der Waals surface area (Å²) in [5.74, 6) is 2.74. The van der Waals surface area contributed by atoms with Crippen molar-refractivity contribution in [3.8, 4) is 0 Å². The van der Waals surface area contributed by atoms with E-state index in [0.29, 0.717) is 0 Å². The Balaban J connectivity index is 1.38. The third-order valence-corrected chi connectivity index (χ3v) is 5.20. The molecule has 0 bridgehead atoms. The summed E-state index contributed by atoms with van der Waals surface area (Å²) in [7, 11) is 1.91. The van der Waals surface area contributed by atoms with Crippen molar-refractivity contribution >= 4 is 5.96 Å². The van der Waals surface area contributed by atoms with Crippen molar-refractivity contribution in [2.24, 2.45) is 16.8 Å². The first-order valence-corrected chi connectivity index (χ1v) is 8.61. The van der Waals surface area contributed by atoms with Crippen LogP contribution in [0.2, 0.25) is 0 Å². The van der Waals surface area contributed by atoms with Gasteiger partial charge in [-0.25, -0.2) is 0 Å². The van der Waals surface area contributed by atoms with Crippen LogP contribution in [0.5, 0.6) is 0 Å². The van der Waals surface area contributed by atoms with Crippen LogP contribution in [-0.2, 0) is 4.74 Å². The van der Waals surface area contributed by atoms with E-state index in [1.54, 1.807) is 0 Å². The van der Waals surface area contributed by atoms with Crippen LogP contribution in [0.1, 0.15) is 25.7 Å². The molecule has 0 spiro atoms. The Labute approximate surface area is 128 Å². The van der Waals surface area contributed by atoms with Gasteiger partial charge in [-0.15, -0.1) is 0 Å². The molecule has 1 saturated carbocycles. The van der Waals surface area contributed by atoms with Crippen molar-refractivity contribution in [1.29, 1.82) is 0 Å². The van der Waals surface area contributed by atoms with E-state index >= 15 is 0 Å². The van der Waals surface area contributed by atoms with Gasteiger partial charge in [0.05, 0.1) is 6.61 Å². The van der Waals surface area contributed by atoms with Gasteiger partial charge in [-0.3, -0.25) is 9.89 Å². The lowest BCUT2D eigenvalue weighted by atomic mass is 9.85. The summed E-state index contributed by atoms with van der Waals surface area (Å²) in [4.78, 5) is 9.47. The van der Waals surface area contributed by atoms with Gasteiger partial charge < -0.3 is 15.0 Å². The first-order chi connectivity index (χ1) is 10.3. The minimum atomic E-state index is 0.757. The Hall–Kier alpha value is -0.810. The molecule has 21 heavy (non-hydrogen) atoms. The van der Waals surface area contributed by atoms with E-state index in [2.05, 4.69) is 20.1 Å². The fourth-order valence-electron chi connectivity index (χ4n) is 3.50. The van der Waals surface area contributed by atoms with Crippen LogP contribution in [0.25, 0.3) is 0 Å². The lowest BCUT2D eigenvalue weighted by molar-refractivity contribution is 0.139. The largest absolute Gasteiger partial charge is 0.381 e. The molecule has 1 atom stereocenters. The maximum atomic E-state index is 5.48. The van der Waals surface area contributed by atoms with E-state index in [9.17, 15) is 0 Å². The molecule has 2 saturated heterocycles. The molecule has 1 aliphatic carbocycles. The molecule has 0 aromatic rings. The normalized spacial score (nSPS) is 28.7. The smallest absolute Gasteiger partial charge is 0.193 e. The van der Waals surface area contributed by atoms with Gasteiger partial charge >= 0.3 is 0 Å². The molecule has 5 heteroatoms. The van der Waals surface area contributed by atoms with Gasteiger partial charge in [0.25, 0.3) is 0 Å². The average molecular weight is 294 g/mol. The average Bonchev–Trinajstić information content (AvgIpc) is 2.96.